The summed E-state index contributed by atoms with van der Waals surface area (Å²) < 4.78 is 25.5. The SMILES string of the molecule is COCC[C@@H]1CCCCN1C(=O)c1cc(NC(=O)COC)cc2ncn(Cc3ccc(F)cc3)c12. The average Bonchev–Trinajstić information content (AvgIpc) is 3.26. The summed E-state index contributed by atoms with van der Waals surface area (Å²) in [4.78, 5) is 32.6. The molecule has 2 aromatic carbocycles. The number of imidazole rings is 1. The Morgan fingerprint density at radius 2 is 1.94 bits per heavy atom. The van der Waals surface area contributed by atoms with Gasteiger partial charge in [-0.3, -0.25) is 9.59 Å². The summed E-state index contributed by atoms with van der Waals surface area (Å²) in [6.45, 7) is 1.59. The Labute approximate surface area is 204 Å². The zero-order valence-electron chi connectivity index (χ0n) is 20.1. The van der Waals surface area contributed by atoms with Crippen molar-refractivity contribution in [1.82, 2.24) is 14.5 Å². The molecule has 0 bridgehead atoms. The molecule has 8 nitrogen and oxygen atoms in total. The van der Waals surface area contributed by atoms with Gasteiger partial charge in [0.25, 0.3) is 5.91 Å². The van der Waals surface area contributed by atoms with Crippen molar-refractivity contribution >= 4 is 28.5 Å². The van der Waals surface area contributed by atoms with Gasteiger partial charge in [-0.1, -0.05) is 12.1 Å². The third-order valence-corrected chi connectivity index (χ3v) is 6.31. The fraction of sp³-hybridized carbons (Fsp3) is 0.423. The first kappa shape index (κ1) is 24.8. The standard InChI is InChI=1S/C26H31FN4O4/c1-34-12-10-21-5-3-4-11-31(21)26(33)22-13-20(29-24(32)16-35-2)14-23-25(22)30(17-28-23)15-18-6-8-19(27)9-7-18/h6-9,13-14,17,21H,3-5,10-12,15-16H2,1-2H3,(H,29,32)/t21-/m0/s1. The van der Waals surface area contributed by atoms with E-state index < -0.39 is 0 Å². The number of halogens is 1. The number of ether oxygens (including phenoxy) is 2. The molecule has 0 unspecified atom stereocenters. The molecule has 1 aliphatic heterocycles. The van der Waals surface area contributed by atoms with E-state index in [-0.39, 0.29) is 30.3 Å². The number of carbonyl (C=O) groups excluding carboxylic acids is 2. The molecule has 0 spiro atoms. The third-order valence-electron chi connectivity index (χ3n) is 6.31. The minimum absolute atomic E-state index is 0.0893. The van der Waals surface area contributed by atoms with Gasteiger partial charge in [0, 0.05) is 45.6 Å². The number of methoxy groups -OCH3 is 2. The molecule has 2 heterocycles. The van der Waals surface area contributed by atoms with Gasteiger partial charge >= 0.3 is 0 Å². The van der Waals surface area contributed by atoms with Gasteiger partial charge in [-0.25, -0.2) is 9.37 Å². The van der Waals surface area contributed by atoms with Crippen LogP contribution in [0.5, 0.6) is 0 Å². The van der Waals surface area contributed by atoms with Crippen molar-refractivity contribution in [1.29, 1.82) is 0 Å². The summed E-state index contributed by atoms with van der Waals surface area (Å²) in [5, 5.41) is 2.80. The van der Waals surface area contributed by atoms with Gasteiger partial charge in [0.2, 0.25) is 5.91 Å². The summed E-state index contributed by atoms with van der Waals surface area (Å²) >= 11 is 0. The molecule has 0 aliphatic carbocycles. The summed E-state index contributed by atoms with van der Waals surface area (Å²) in [7, 11) is 3.12. The lowest BCUT2D eigenvalue weighted by Crippen LogP contribution is -2.44. The Hall–Kier alpha value is -3.30. The van der Waals surface area contributed by atoms with Crippen LogP contribution in [0.4, 0.5) is 10.1 Å². The number of aromatic nitrogens is 2. The molecule has 1 fully saturated rings. The molecule has 2 amide bonds. The van der Waals surface area contributed by atoms with Crippen LogP contribution in [-0.4, -0.2) is 66.3 Å². The topological polar surface area (TPSA) is 85.7 Å². The second-order valence-electron chi connectivity index (χ2n) is 8.80. The van der Waals surface area contributed by atoms with Crippen LogP contribution < -0.4 is 5.32 Å². The van der Waals surface area contributed by atoms with Crippen LogP contribution in [0.1, 0.15) is 41.6 Å². The largest absolute Gasteiger partial charge is 0.385 e. The van der Waals surface area contributed by atoms with Crippen molar-refractivity contribution in [2.24, 2.45) is 0 Å². The van der Waals surface area contributed by atoms with Crippen molar-refractivity contribution < 1.29 is 23.5 Å². The molecule has 0 radical (unpaired) electrons. The quantitative estimate of drug-likeness (QED) is 0.501. The smallest absolute Gasteiger partial charge is 0.256 e. The predicted octanol–water partition coefficient (Wildman–Crippen LogP) is 3.84. The molecule has 4 rings (SSSR count). The second-order valence-corrected chi connectivity index (χ2v) is 8.80. The number of amides is 2. The lowest BCUT2D eigenvalue weighted by molar-refractivity contribution is -0.119. The number of nitrogens with zero attached hydrogens (tertiary/aromatic N) is 3. The van der Waals surface area contributed by atoms with Gasteiger partial charge < -0.3 is 24.3 Å². The number of anilines is 1. The van der Waals surface area contributed by atoms with E-state index in [0.717, 1.165) is 31.2 Å². The van der Waals surface area contributed by atoms with E-state index in [1.54, 1.807) is 37.7 Å². The monoisotopic (exact) mass is 482 g/mol. The van der Waals surface area contributed by atoms with Gasteiger partial charge in [0.05, 0.1) is 22.9 Å². The number of piperidine rings is 1. The molecule has 9 heteroatoms. The Morgan fingerprint density at radius 3 is 2.69 bits per heavy atom. The summed E-state index contributed by atoms with van der Waals surface area (Å²) in [6, 6.07) is 9.81. The Kier molecular flexibility index (Phi) is 8.09. The van der Waals surface area contributed by atoms with Gasteiger partial charge in [0.15, 0.2) is 0 Å². The number of fused-ring (bicyclic) bond motifs is 1. The van der Waals surface area contributed by atoms with E-state index in [9.17, 15) is 14.0 Å². The van der Waals surface area contributed by atoms with Crippen molar-refractivity contribution in [3.05, 3.63) is 59.7 Å². The molecule has 3 aromatic rings. The molecule has 186 valence electrons. The van der Waals surface area contributed by atoms with Gasteiger partial charge in [-0.05, 0) is 55.5 Å². The Bertz CT molecular complexity index is 1180. The highest BCUT2D eigenvalue weighted by molar-refractivity contribution is 6.07. The van der Waals surface area contributed by atoms with E-state index in [4.69, 9.17) is 9.47 Å². The van der Waals surface area contributed by atoms with Crippen molar-refractivity contribution in [3.63, 3.8) is 0 Å². The second kappa shape index (κ2) is 11.4. The maximum atomic E-state index is 14.0. The highest BCUT2D eigenvalue weighted by atomic mass is 19.1. The number of nitrogens with one attached hydrogen (secondary N) is 1. The molecule has 35 heavy (non-hydrogen) atoms. The predicted molar refractivity (Wildman–Crippen MR) is 131 cm³/mol. The molecule has 1 aliphatic rings. The van der Waals surface area contributed by atoms with Crippen molar-refractivity contribution in [2.75, 3.05) is 39.3 Å². The molecule has 1 N–H and O–H groups in total. The first-order valence-electron chi connectivity index (χ1n) is 11.8. The minimum atomic E-state index is -0.313. The lowest BCUT2D eigenvalue weighted by atomic mass is 9.98. The Balaban J connectivity index is 1.74. The van der Waals surface area contributed by atoms with Gasteiger partial charge in [-0.2, -0.15) is 0 Å². The average molecular weight is 483 g/mol. The van der Waals surface area contributed by atoms with E-state index in [2.05, 4.69) is 10.3 Å². The van der Waals surface area contributed by atoms with Crippen molar-refractivity contribution in [3.8, 4) is 0 Å². The number of hydrogen-bond acceptors (Lipinski definition) is 5. The van der Waals surface area contributed by atoms with Crippen LogP contribution in [0.25, 0.3) is 11.0 Å². The number of hydrogen-bond donors (Lipinski definition) is 1. The van der Waals surface area contributed by atoms with Crippen LogP contribution >= 0.6 is 0 Å². The fourth-order valence-corrected chi connectivity index (χ4v) is 4.66. The number of likely N-dealkylation sites (tertiary alicyclic amines) is 1. The van der Waals surface area contributed by atoms with E-state index in [1.165, 1.54) is 19.2 Å². The normalized spacial score (nSPS) is 16.0. The highest BCUT2D eigenvalue weighted by Gasteiger charge is 2.29. The molecule has 1 atom stereocenters. The molecule has 0 saturated carbocycles. The first-order valence-corrected chi connectivity index (χ1v) is 11.8. The number of carbonyl (C=O) groups is 2. The minimum Gasteiger partial charge on any atom is -0.385 e. The van der Waals surface area contributed by atoms with E-state index >= 15 is 0 Å². The zero-order valence-corrected chi connectivity index (χ0v) is 20.1. The summed E-state index contributed by atoms with van der Waals surface area (Å²) in [6.07, 6.45) is 5.38. The summed E-state index contributed by atoms with van der Waals surface area (Å²) in [5.74, 6) is -0.713. The number of benzene rings is 2. The van der Waals surface area contributed by atoms with Crippen LogP contribution in [-0.2, 0) is 20.8 Å². The molecule has 1 aromatic heterocycles. The fourth-order valence-electron chi connectivity index (χ4n) is 4.66. The van der Waals surface area contributed by atoms with E-state index in [1.807, 2.05) is 9.47 Å². The van der Waals surface area contributed by atoms with Crippen LogP contribution in [0.2, 0.25) is 0 Å². The molecular formula is C26H31FN4O4. The van der Waals surface area contributed by atoms with Crippen LogP contribution in [0.15, 0.2) is 42.7 Å². The van der Waals surface area contributed by atoms with Crippen molar-refractivity contribution in [2.45, 2.75) is 38.3 Å². The molecular weight excluding hydrogens is 451 g/mol. The lowest BCUT2D eigenvalue weighted by Gasteiger charge is -2.36. The maximum Gasteiger partial charge on any atom is 0.256 e. The number of rotatable bonds is 9. The Morgan fingerprint density at radius 1 is 1.14 bits per heavy atom. The maximum absolute atomic E-state index is 14.0. The van der Waals surface area contributed by atoms with E-state index in [0.29, 0.717) is 42.0 Å². The zero-order chi connectivity index (χ0) is 24.8. The van der Waals surface area contributed by atoms with Gasteiger partial charge in [0.1, 0.15) is 12.4 Å². The highest BCUT2D eigenvalue weighted by Crippen LogP contribution is 2.29. The third kappa shape index (κ3) is 5.86. The van der Waals surface area contributed by atoms with Gasteiger partial charge in [-0.15, -0.1) is 0 Å². The van der Waals surface area contributed by atoms with Crippen LogP contribution in [0.3, 0.4) is 0 Å². The van der Waals surface area contributed by atoms with Crippen LogP contribution in [0, 0.1) is 5.82 Å². The first-order chi connectivity index (χ1) is 17.0. The summed E-state index contributed by atoms with van der Waals surface area (Å²) in [5.41, 5.74) is 3.12. The molecule has 1 saturated heterocycles.